The van der Waals surface area contributed by atoms with Crippen LogP contribution < -0.4 is 5.32 Å². The standard InChI is InChI=1S/C24H32N4O2/c29-24(27-14-16-30-17-15-27)21-9-11-25-23(18-21)26-12-10-22-8-4-5-13-28(22)19-20-6-2-1-3-7-20/h1-3,6-7,9,11,18,22H,4-5,8,10,12-17,19H2,(H,25,26). The van der Waals surface area contributed by atoms with Crippen molar-refractivity contribution in [1.82, 2.24) is 14.8 Å². The molecule has 2 saturated heterocycles. The molecule has 2 aliphatic heterocycles. The van der Waals surface area contributed by atoms with E-state index in [0.717, 1.165) is 25.3 Å². The fraction of sp³-hybridized carbons (Fsp3) is 0.500. The van der Waals surface area contributed by atoms with Crippen LogP contribution >= 0.6 is 0 Å². The minimum absolute atomic E-state index is 0.0602. The zero-order valence-electron chi connectivity index (χ0n) is 17.6. The second-order valence-electron chi connectivity index (χ2n) is 8.16. The van der Waals surface area contributed by atoms with Gasteiger partial charge in [-0.2, -0.15) is 0 Å². The number of morpholine rings is 1. The number of likely N-dealkylation sites (tertiary alicyclic amines) is 1. The third kappa shape index (κ3) is 5.58. The van der Waals surface area contributed by atoms with Crippen molar-refractivity contribution >= 4 is 11.7 Å². The third-order valence-corrected chi connectivity index (χ3v) is 6.07. The number of nitrogens with one attached hydrogen (secondary N) is 1. The Hall–Kier alpha value is -2.44. The molecular formula is C24H32N4O2. The van der Waals surface area contributed by atoms with Gasteiger partial charge in [0, 0.05) is 44.0 Å². The molecule has 2 aromatic rings. The summed E-state index contributed by atoms with van der Waals surface area (Å²) in [5.41, 5.74) is 2.08. The van der Waals surface area contributed by atoms with Gasteiger partial charge in [-0.1, -0.05) is 36.8 Å². The first-order valence-electron chi connectivity index (χ1n) is 11.1. The van der Waals surface area contributed by atoms with Gasteiger partial charge >= 0.3 is 0 Å². The van der Waals surface area contributed by atoms with Gasteiger partial charge in [0.05, 0.1) is 13.2 Å². The Balaban J connectivity index is 1.30. The topological polar surface area (TPSA) is 57.7 Å². The van der Waals surface area contributed by atoms with Gasteiger partial charge in [-0.25, -0.2) is 4.98 Å². The van der Waals surface area contributed by atoms with Crippen LogP contribution in [0.1, 0.15) is 41.6 Å². The van der Waals surface area contributed by atoms with E-state index in [1.807, 2.05) is 11.0 Å². The Kier molecular flexibility index (Phi) is 7.32. The van der Waals surface area contributed by atoms with Crippen molar-refractivity contribution in [2.24, 2.45) is 0 Å². The molecule has 0 radical (unpaired) electrons. The Labute approximate surface area is 179 Å². The van der Waals surface area contributed by atoms with Crippen molar-refractivity contribution in [2.75, 3.05) is 44.7 Å². The molecule has 3 heterocycles. The summed E-state index contributed by atoms with van der Waals surface area (Å²) in [5.74, 6) is 0.838. The lowest BCUT2D eigenvalue weighted by atomic mass is 9.98. The van der Waals surface area contributed by atoms with E-state index in [4.69, 9.17) is 4.74 Å². The zero-order chi connectivity index (χ0) is 20.6. The maximum Gasteiger partial charge on any atom is 0.254 e. The van der Waals surface area contributed by atoms with Gasteiger partial charge in [0.25, 0.3) is 5.91 Å². The number of pyridine rings is 1. The van der Waals surface area contributed by atoms with E-state index >= 15 is 0 Å². The van der Waals surface area contributed by atoms with Crippen LogP contribution in [0.3, 0.4) is 0 Å². The maximum atomic E-state index is 12.7. The first-order chi connectivity index (χ1) is 14.8. The van der Waals surface area contributed by atoms with E-state index in [1.165, 1.54) is 31.4 Å². The summed E-state index contributed by atoms with van der Waals surface area (Å²) in [6, 6.07) is 15.0. The van der Waals surface area contributed by atoms with E-state index in [9.17, 15) is 4.79 Å². The number of hydrogen-bond donors (Lipinski definition) is 1. The van der Waals surface area contributed by atoms with Gasteiger partial charge in [0.15, 0.2) is 0 Å². The molecule has 1 aromatic carbocycles. The normalized spacial score (nSPS) is 20.1. The van der Waals surface area contributed by atoms with Gasteiger partial charge in [-0.15, -0.1) is 0 Å². The lowest BCUT2D eigenvalue weighted by Crippen LogP contribution is -2.40. The van der Waals surface area contributed by atoms with Crippen molar-refractivity contribution in [3.63, 3.8) is 0 Å². The van der Waals surface area contributed by atoms with E-state index < -0.39 is 0 Å². The Morgan fingerprint density at radius 1 is 1.10 bits per heavy atom. The van der Waals surface area contributed by atoms with Crippen LogP contribution in [0, 0.1) is 0 Å². The van der Waals surface area contributed by atoms with Gasteiger partial charge in [-0.3, -0.25) is 9.69 Å². The molecule has 1 N–H and O–H groups in total. The first-order valence-corrected chi connectivity index (χ1v) is 11.1. The van der Waals surface area contributed by atoms with Gasteiger partial charge < -0.3 is 15.0 Å². The van der Waals surface area contributed by atoms with Crippen molar-refractivity contribution < 1.29 is 9.53 Å². The molecule has 1 aromatic heterocycles. The molecule has 0 aliphatic carbocycles. The van der Waals surface area contributed by atoms with Crippen LogP contribution in [0.4, 0.5) is 5.82 Å². The molecule has 1 unspecified atom stereocenters. The quantitative estimate of drug-likeness (QED) is 0.761. The van der Waals surface area contributed by atoms with Crippen LogP contribution in [-0.2, 0) is 11.3 Å². The monoisotopic (exact) mass is 408 g/mol. The number of ether oxygens (including phenoxy) is 1. The second kappa shape index (κ2) is 10.5. The predicted molar refractivity (Wildman–Crippen MR) is 119 cm³/mol. The summed E-state index contributed by atoms with van der Waals surface area (Å²) < 4.78 is 5.34. The number of carbonyl (C=O) groups excluding carboxylic acids is 1. The minimum Gasteiger partial charge on any atom is -0.378 e. The predicted octanol–water partition coefficient (Wildman–Crippen LogP) is 3.41. The lowest BCUT2D eigenvalue weighted by molar-refractivity contribution is 0.0303. The Morgan fingerprint density at radius 3 is 2.77 bits per heavy atom. The number of nitrogens with zero attached hydrogens (tertiary/aromatic N) is 3. The summed E-state index contributed by atoms with van der Waals surface area (Å²) in [4.78, 5) is 21.6. The van der Waals surface area contributed by atoms with Crippen molar-refractivity contribution in [1.29, 1.82) is 0 Å². The molecule has 6 nitrogen and oxygen atoms in total. The molecule has 6 heteroatoms. The SMILES string of the molecule is O=C(c1ccnc(NCCC2CCCCN2Cc2ccccc2)c1)N1CCOCC1. The summed E-state index contributed by atoms with van der Waals surface area (Å²) in [5, 5.41) is 3.44. The average molecular weight is 409 g/mol. The Morgan fingerprint density at radius 2 is 1.93 bits per heavy atom. The molecule has 2 fully saturated rings. The van der Waals surface area contributed by atoms with Crippen molar-refractivity contribution in [3.05, 3.63) is 59.8 Å². The molecule has 1 atom stereocenters. The van der Waals surface area contributed by atoms with E-state index in [0.29, 0.717) is 37.9 Å². The summed E-state index contributed by atoms with van der Waals surface area (Å²) in [6.07, 6.45) is 6.63. The number of hydrogen-bond acceptors (Lipinski definition) is 5. The van der Waals surface area contributed by atoms with Crippen LogP contribution in [0.15, 0.2) is 48.7 Å². The van der Waals surface area contributed by atoms with Gasteiger partial charge in [0.1, 0.15) is 5.82 Å². The van der Waals surface area contributed by atoms with Crippen LogP contribution in [0.5, 0.6) is 0 Å². The van der Waals surface area contributed by atoms with Crippen molar-refractivity contribution in [3.8, 4) is 0 Å². The zero-order valence-corrected chi connectivity index (χ0v) is 17.6. The number of piperidine rings is 1. The third-order valence-electron chi connectivity index (χ3n) is 6.07. The number of amides is 1. The smallest absolute Gasteiger partial charge is 0.254 e. The van der Waals surface area contributed by atoms with Crippen LogP contribution in [0.2, 0.25) is 0 Å². The molecule has 2 aliphatic rings. The molecule has 160 valence electrons. The minimum atomic E-state index is 0.0602. The molecule has 30 heavy (non-hydrogen) atoms. The van der Waals surface area contributed by atoms with Gasteiger partial charge in [-0.05, 0) is 43.5 Å². The fourth-order valence-electron chi connectivity index (χ4n) is 4.39. The first kappa shape index (κ1) is 20.8. The number of rotatable bonds is 7. The summed E-state index contributed by atoms with van der Waals surface area (Å²) >= 11 is 0. The highest BCUT2D eigenvalue weighted by Gasteiger charge is 2.22. The fourth-order valence-corrected chi connectivity index (χ4v) is 4.39. The van der Waals surface area contributed by atoms with Crippen molar-refractivity contribution in [2.45, 2.75) is 38.3 Å². The van der Waals surface area contributed by atoms with E-state index in [1.54, 1.807) is 12.3 Å². The number of carbonyl (C=O) groups is 1. The highest BCUT2D eigenvalue weighted by Crippen LogP contribution is 2.22. The number of aromatic nitrogens is 1. The summed E-state index contributed by atoms with van der Waals surface area (Å²) in [6.45, 7) is 5.59. The molecule has 0 bridgehead atoms. The molecule has 1 amide bonds. The average Bonchev–Trinajstić information content (AvgIpc) is 2.81. The molecular weight excluding hydrogens is 376 g/mol. The second-order valence-corrected chi connectivity index (χ2v) is 8.16. The highest BCUT2D eigenvalue weighted by molar-refractivity contribution is 5.94. The highest BCUT2D eigenvalue weighted by atomic mass is 16.5. The number of benzene rings is 1. The summed E-state index contributed by atoms with van der Waals surface area (Å²) in [7, 11) is 0. The van der Waals surface area contributed by atoms with E-state index in [2.05, 4.69) is 45.5 Å². The molecule has 4 rings (SSSR count). The number of anilines is 1. The maximum absolute atomic E-state index is 12.7. The molecule has 0 saturated carbocycles. The Bertz CT molecular complexity index is 808. The van der Waals surface area contributed by atoms with Gasteiger partial charge in [0.2, 0.25) is 0 Å². The van der Waals surface area contributed by atoms with E-state index in [-0.39, 0.29) is 5.91 Å². The van der Waals surface area contributed by atoms with Crippen LogP contribution in [0.25, 0.3) is 0 Å². The lowest BCUT2D eigenvalue weighted by Gasteiger charge is -2.36. The van der Waals surface area contributed by atoms with Crippen LogP contribution in [-0.4, -0.2) is 66.1 Å². The molecule has 0 spiro atoms. The largest absolute Gasteiger partial charge is 0.378 e.